The summed E-state index contributed by atoms with van der Waals surface area (Å²) in [4.78, 5) is 43.4. The van der Waals surface area contributed by atoms with Crippen LogP contribution in [0.1, 0.15) is 28.9 Å². The number of halogens is 4. The van der Waals surface area contributed by atoms with Gasteiger partial charge in [0.2, 0.25) is 0 Å². The highest BCUT2D eigenvalue weighted by Gasteiger charge is 2.40. The number of piperidine rings is 1. The maximum absolute atomic E-state index is 13.8. The van der Waals surface area contributed by atoms with Gasteiger partial charge in [0.1, 0.15) is 4.60 Å². The summed E-state index contributed by atoms with van der Waals surface area (Å²) in [5.74, 6) is -0.978. The van der Waals surface area contributed by atoms with Crippen LogP contribution in [0, 0.1) is 0 Å². The summed E-state index contributed by atoms with van der Waals surface area (Å²) in [7, 11) is 0. The first-order valence-electron chi connectivity index (χ1n) is 10.2. The van der Waals surface area contributed by atoms with Crippen molar-refractivity contribution in [2.24, 2.45) is 0 Å². The molecule has 0 saturated carbocycles. The summed E-state index contributed by atoms with van der Waals surface area (Å²) < 4.78 is 52.5. The molecule has 0 atom stereocenters. The van der Waals surface area contributed by atoms with Crippen LogP contribution < -0.4 is 0 Å². The molecule has 3 aromatic heterocycles. The lowest BCUT2D eigenvalue weighted by atomic mass is 10.0. The molecule has 0 aliphatic carbocycles. The van der Waals surface area contributed by atoms with Gasteiger partial charge in [-0.05, 0) is 40.9 Å². The molecule has 2 saturated heterocycles. The number of hydrogen-bond donors (Lipinski definition) is 0. The number of furan rings is 1. The van der Waals surface area contributed by atoms with Crippen LogP contribution in [0.5, 0.6) is 0 Å². The van der Waals surface area contributed by atoms with Gasteiger partial charge in [-0.1, -0.05) is 0 Å². The molecule has 178 valence electrons. The van der Waals surface area contributed by atoms with Crippen LogP contribution in [0.25, 0.3) is 16.8 Å². The van der Waals surface area contributed by atoms with Crippen molar-refractivity contribution in [3.05, 3.63) is 46.7 Å². The molecule has 3 amide bonds. The van der Waals surface area contributed by atoms with Crippen molar-refractivity contribution in [2.45, 2.75) is 25.1 Å². The molecule has 0 bridgehead atoms. The lowest BCUT2D eigenvalue weighted by Gasteiger charge is -2.34. The van der Waals surface area contributed by atoms with E-state index in [0.717, 1.165) is 11.0 Å². The Hall–Kier alpha value is -3.35. The second-order valence-electron chi connectivity index (χ2n) is 7.94. The van der Waals surface area contributed by atoms with E-state index < -0.39 is 41.3 Å². The van der Waals surface area contributed by atoms with Gasteiger partial charge in [0.25, 0.3) is 11.8 Å². The van der Waals surface area contributed by atoms with Crippen LogP contribution in [-0.2, 0) is 15.7 Å². The number of ether oxygens (including phenoxy) is 1. The Morgan fingerprint density at radius 1 is 1.18 bits per heavy atom. The average molecular weight is 541 g/mol. The quantitative estimate of drug-likeness (QED) is 0.498. The first kappa shape index (κ1) is 22.4. The lowest BCUT2D eigenvalue weighted by molar-refractivity contribution is -0.136. The summed E-state index contributed by atoms with van der Waals surface area (Å²) >= 11 is 3.25. The fourth-order valence-corrected chi connectivity index (χ4v) is 4.77. The van der Waals surface area contributed by atoms with Gasteiger partial charge in [-0.25, -0.2) is 14.7 Å². The highest BCUT2D eigenvalue weighted by Crippen LogP contribution is 2.37. The number of carbonyl (C=O) groups is 3. The first-order chi connectivity index (χ1) is 16.1. The molecule has 0 spiro atoms. The van der Waals surface area contributed by atoms with Gasteiger partial charge < -0.3 is 14.1 Å². The summed E-state index contributed by atoms with van der Waals surface area (Å²) in [6.07, 6.45) is -0.633. The predicted molar refractivity (Wildman–Crippen MR) is 113 cm³/mol. The molecule has 2 aliphatic rings. The average Bonchev–Trinajstić information content (AvgIpc) is 3.52. The van der Waals surface area contributed by atoms with Crippen molar-refractivity contribution in [3.8, 4) is 11.1 Å². The highest BCUT2D eigenvalue weighted by molar-refractivity contribution is 9.10. The largest absolute Gasteiger partial charge is 0.472 e. The molecule has 2 fully saturated rings. The van der Waals surface area contributed by atoms with E-state index in [9.17, 15) is 27.6 Å². The molecule has 0 radical (unpaired) electrons. The van der Waals surface area contributed by atoms with Crippen LogP contribution in [0.4, 0.5) is 18.0 Å². The van der Waals surface area contributed by atoms with E-state index in [2.05, 4.69) is 20.9 Å². The number of hydrogen-bond acceptors (Lipinski definition) is 6. The number of nitrogens with zero attached hydrogens (tertiary/aromatic N) is 4. The molecular formula is C21H16BrF3N4O5. The molecule has 0 N–H and O–H groups in total. The van der Waals surface area contributed by atoms with Gasteiger partial charge in [0, 0.05) is 36.5 Å². The number of alkyl halides is 3. The smallest absolute Gasteiger partial charge is 0.420 e. The minimum absolute atomic E-state index is 0.0868. The van der Waals surface area contributed by atoms with E-state index in [0.29, 0.717) is 18.4 Å². The second-order valence-corrected chi connectivity index (χ2v) is 8.69. The number of rotatable bonds is 3. The number of likely N-dealkylation sites (tertiary alicyclic amines) is 1. The minimum Gasteiger partial charge on any atom is -0.472 e. The van der Waals surface area contributed by atoms with E-state index in [1.54, 1.807) is 0 Å². The number of carbonyl (C=O) groups excluding carboxylic acids is 3. The Balaban J connectivity index is 1.45. The Morgan fingerprint density at radius 3 is 2.50 bits per heavy atom. The summed E-state index contributed by atoms with van der Waals surface area (Å²) in [5.41, 5.74) is -0.873. The van der Waals surface area contributed by atoms with Gasteiger partial charge in [0.05, 0.1) is 18.1 Å². The SMILES string of the molecule is O=C(c1nc2c(C(F)(F)F)cc(-c3ccoc3)cn2c1Br)N1CCC(N2C(=O)COC2=O)CC1. The molecule has 3 aromatic rings. The highest BCUT2D eigenvalue weighted by atomic mass is 79.9. The maximum Gasteiger partial charge on any atom is 0.420 e. The summed E-state index contributed by atoms with van der Waals surface area (Å²) in [6.45, 7) is 0.106. The standard InChI is InChI=1S/C21H16BrF3N4O5/c22-17-16(19(31)27-4-1-13(2-5-27)29-15(30)10-34-20(29)32)26-18-14(21(23,24)25)7-12(8-28(17)18)11-3-6-33-9-11/h3,6-9,13H,1-2,4-5,10H2. The molecule has 13 heteroatoms. The number of aromatic nitrogens is 2. The molecule has 0 unspecified atom stereocenters. The van der Waals surface area contributed by atoms with Gasteiger partial charge >= 0.3 is 12.3 Å². The van der Waals surface area contributed by atoms with Crippen molar-refractivity contribution in [1.29, 1.82) is 0 Å². The lowest BCUT2D eigenvalue weighted by Crippen LogP contribution is -2.48. The Labute approximate surface area is 198 Å². The molecule has 5 heterocycles. The van der Waals surface area contributed by atoms with E-state index >= 15 is 0 Å². The fraction of sp³-hybridized carbons (Fsp3) is 0.333. The van der Waals surface area contributed by atoms with Gasteiger partial charge in [-0.2, -0.15) is 13.2 Å². The molecular weight excluding hydrogens is 525 g/mol. The second kappa shape index (κ2) is 8.15. The Bertz CT molecular complexity index is 1280. The third kappa shape index (κ3) is 3.73. The molecule has 9 nitrogen and oxygen atoms in total. The zero-order valence-corrected chi connectivity index (χ0v) is 18.9. The van der Waals surface area contributed by atoms with Crippen molar-refractivity contribution >= 4 is 39.5 Å². The fourth-order valence-electron chi connectivity index (χ4n) is 4.24. The van der Waals surface area contributed by atoms with Crippen molar-refractivity contribution in [3.63, 3.8) is 0 Å². The molecule has 5 rings (SSSR count). The van der Waals surface area contributed by atoms with Crippen molar-refractivity contribution in [2.75, 3.05) is 19.7 Å². The van der Waals surface area contributed by atoms with Crippen LogP contribution in [0.15, 0.2) is 39.9 Å². The maximum atomic E-state index is 13.8. The van der Waals surface area contributed by atoms with Crippen LogP contribution in [-0.4, -0.2) is 62.8 Å². The molecule has 34 heavy (non-hydrogen) atoms. The van der Waals surface area contributed by atoms with E-state index in [4.69, 9.17) is 9.15 Å². The number of fused-ring (bicyclic) bond motifs is 1. The van der Waals surface area contributed by atoms with Gasteiger partial charge in [0.15, 0.2) is 17.9 Å². The number of cyclic esters (lactones) is 1. The molecule has 0 aromatic carbocycles. The van der Waals surface area contributed by atoms with E-state index in [1.165, 1.54) is 34.1 Å². The van der Waals surface area contributed by atoms with Crippen molar-refractivity contribution in [1.82, 2.24) is 19.2 Å². The predicted octanol–water partition coefficient (Wildman–Crippen LogP) is 3.96. The zero-order valence-electron chi connectivity index (χ0n) is 17.3. The number of pyridine rings is 1. The monoisotopic (exact) mass is 540 g/mol. The van der Waals surface area contributed by atoms with Gasteiger partial charge in [-0.3, -0.25) is 14.0 Å². The summed E-state index contributed by atoms with van der Waals surface area (Å²) in [6, 6.07) is 2.10. The van der Waals surface area contributed by atoms with E-state index in [1.807, 2.05) is 0 Å². The Morgan fingerprint density at radius 2 is 1.91 bits per heavy atom. The number of imide groups is 1. The summed E-state index contributed by atoms with van der Waals surface area (Å²) in [5, 5.41) is 0. The van der Waals surface area contributed by atoms with Crippen LogP contribution >= 0.6 is 15.9 Å². The van der Waals surface area contributed by atoms with Crippen molar-refractivity contribution < 1.29 is 36.7 Å². The third-order valence-corrected chi connectivity index (χ3v) is 6.68. The first-order valence-corrected chi connectivity index (χ1v) is 11.0. The van der Waals surface area contributed by atoms with Gasteiger partial charge in [-0.15, -0.1) is 0 Å². The number of imidazole rings is 1. The zero-order chi connectivity index (χ0) is 24.2. The van der Waals surface area contributed by atoms with Crippen LogP contribution in [0.3, 0.4) is 0 Å². The molecule has 2 aliphatic heterocycles. The minimum atomic E-state index is -4.71. The van der Waals surface area contributed by atoms with Crippen LogP contribution in [0.2, 0.25) is 0 Å². The number of amides is 3. The van der Waals surface area contributed by atoms with E-state index in [-0.39, 0.29) is 35.6 Å². The third-order valence-electron chi connectivity index (χ3n) is 5.93. The Kier molecular flexibility index (Phi) is 5.38. The topological polar surface area (TPSA) is 97.4 Å². The normalized spacial score (nSPS) is 17.6.